The molecule has 0 fully saturated rings. The molecule has 0 amide bonds. The van der Waals surface area contributed by atoms with Crippen LogP contribution in [0.2, 0.25) is 0 Å². The van der Waals surface area contributed by atoms with Gasteiger partial charge in [-0.25, -0.2) is 18.1 Å². The Kier molecular flexibility index (Phi) is 11.6. The highest BCUT2D eigenvalue weighted by Crippen LogP contribution is 2.11. The first-order chi connectivity index (χ1) is 13.0. The Morgan fingerprint density at radius 3 is 2.54 bits per heavy atom. The van der Waals surface area contributed by atoms with Crippen LogP contribution in [0.3, 0.4) is 0 Å². The summed E-state index contributed by atoms with van der Waals surface area (Å²) in [6.07, 6.45) is 0. The molecule has 1 aromatic carbocycles. The maximum atomic E-state index is 12.2. The van der Waals surface area contributed by atoms with Crippen LogP contribution in [0.5, 0.6) is 0 Å². The Labute approximate surface area is 188 Å². The van der Waals surface area contributed by atoms with Crippen LogP contribution < -0.4 is 15.4 Å². The fourth-order valence-corrected chi connectivity index (χ4v) is 3.89. The molecule has 10 heteroatoms. The minimum Gasteiger partial charge on any atom is -0.383 e. The van der Waals surface area contributed by atoms with Crippen LogP contribution in [0.1, 0.15) is 17.4 Å². The molecule has 0 aliphatic heterocycles. The van der Waals surface area contributed by atoms with E-state index in [0.29, 0.717) is 19.7 Å². The Bertz CT molecular complexity index is 810. The number of sulfonamides is 1. The van der Waals surface area contributed by atoms with Gasteiger partial charge in [0.2, 0.25) is 10.0 Å². The summed E-state index contributed by atoms with van der Waals surface area (Å²) in [6, 6.07) is 10.8. The number of methoxy groups -OCH3 is 1. The summed E-state index contributed by atoms with van der Waals surface area (Å²) in [7, 11) is -1.98. The van der Waals surface area contributed by atoms with Crippen LogP contribution in [0.25, 0.3) is 0 Å². The average Bonchev–Trinajstić information content (AvgIpc) is 3.18. The molecule has 0 saturated heterocycles. The van der Waals surface area contributed by atoms with E-state index in [1.807, 2.05) is 18.4 Å². The van der Waals surface area contributed by atoms with Crippen molar-refractivity contribution in [3.8, 4) is 0 Å². The molecule has 0 aliphatic carbocycles. The van der Waals surface area contributed by atoms with Crippen LogP contribution in [0, 0.1) is 0 Å². The SMILES string of the molecule is CCNC(=NCc1ccc(S(=O)(=O)NCCOC)cc1)NCc1cccs1.I. The predicted octanol–water partition coefficient (Wildman–Crippen LogP) is 2.55. The number of rotatable bonds is 10. The Morgan fingerprint density at radius 2 is 1.93 bits per heavy atom. The topological polar surface area (TPSA) is 91.8 Å². The second-order valence-corrected chi connectivity index (χ2v) is 8.46. The number of nitrogens with zero attached hydrogens (tertiary/aromatic N) is 1. The van der Waals surface area contributed by atoms with E-state index in [0.717, 1.165) is 18.1 Å². The van der Waals surface area contributed by atoms with Crippen molar-refractivity contribution < 1.29 is 13.2 Å². The Hall–Kier alpha value is -1.21. The van der Waals surface area contributed by atoms with Crippen molar-refractivity contribution >= 4 is 51.3 Å². The Balaban J connectivity index is 0.00000392. The molecule has 7 nitrogen and oxygen atoms in total. The van der Waals surface area contributed by atoms with Gasteiger partial charge in [-0.15, -0.1) is 35.3 Å². The van der Waals surface area contributed by atoms with Crippen molar-refractivity contribution in [1.82, 2.24) is 15.4 Å². The van der Waals surface area contributed by atoms with Gasteiger partial charge in [0.15, 0.2) is 5.96 Å². The number of guanidine groups is 1. The summed E-state index contributed by atoms with van der Waals surface area (Å²) in [5, 5.41) is 8.54. The van der Waals surface area contributed by atoms with Crippen molar-refractivity contribution in [3.63, 3.8) is 0 Å². The van der Waals surface area contributed by atoms with E-state index in [1.54, 1.807) is 35.6 Å². The molecular weight excluding hydrogens is 511 g/mol. The smallest absolute Gasteiger partial charge is 0.240 e. The summed E-state index contributed by atoms with van der Waals surface area (Å²) in [6.45, 7) is 4.52. The van der Waals surface area contributed by atoms with Gasteiger partial charge in [-0.05, 0) is 36.1 Å². The number of hydrogen-bond acceptors (Lipinski definition) is 5. The number of aliphatic imine (C=N–C) groups is 1. The lowest BCUT2D eigenvalue weighted by Gasteiger charge is -2.11. The van der Waals surface area contributed by atoms with Crippen molar-refractivity contribution in [2.45, 2.75) is 24.9 Å². The Morgan fingerprint density at radius 1 is 1.18 bits per heavy atom. The lowest BCUT2D eigenvalue weighted by atomic mass is 10.2. The number of ether oxygens (including phenoxy) is 1. The molecule has 0 unspecified atom stereocenters. The zero-order valence-electron chi connectivity index (χ0n) is 16.0. The van der Waals surface area contributed by atoms with Gasteiger partial charge in [0, 0.05) is 25.1 Å². The summed E-state index contributed by atoms with van der Waals surface area (Å²) in [5.41, 5.74) is 0.930. The molecule has 0 bridgehead atoms. The van der Waals surface area contributed by atoms with Gasteiger partial charge in [0.1, 0.15) is 0 Å². The standard InChI is InChI=1S/C18H26N4O3S2.HI/c1-3-19-18(21-14-16-5-4-12-26-16)20-13-15-6-8-17(9-7-15)27(23,24)22-10-11-25-2;/h4-9,12,22H,3,10-11,13-14H2,1-2H3,(H2,19,20,21);1H. The first-order valence-electron chi connectivity index (χ1n) is 8.67. The second kappa shape index (κ2) is 13.1. The van der Waals surface area contributed by atoms with Gasteiger partial charge in [0.25, 0.3) is 0 Å². The van der Waals surface area contributed by atoms with E-state index in [9.17, 15) is 8.42 Å². The first kappa shape index (κ1) is 24.8. The van der Waals surface area contributed by atoms with Crippen LogP contribution in [-0.2, 0) is 27.8 Å². The molecule has 1 heterocycles. The van der Waals surface area contributed by atoms with Crippen molar-refractivity contribution in [1.29, 1.82) is 0 Å². The van der Waals surface area contributed by atoms with E-state index in [-0.39, 0.29) is 35.4 Å². The van der Waals surface area contributed by atoms with Crippen LogP contribution in [0.4, 0.5) is 0 Å². The lowest BCUT2D eigenvalue weighted by molar-refractivity contribution is 0.204. The highest BCUT2D eigenvalue weighted by molar-refractivity contribution is 14.0. The lowest BCUT2D eigenvalue weighted by Crippen LogP contribution is -2.36. The third kappa shape index (κ3) is 8.43. The van der Waals surface area contributed by atoms with Crippen LogP contribution >= 0.6 is 35.3 Å². The summed E-state index contributed by atoms with van der Waals surface area (Å²) >= 11 is 1.69. The normalized spacial score (nSPS) is 11.7. The molecular formula is C18H27IN4O3S2. The molecule has 0 saturated carbocycles. The van der Waals surface area contributed by atoms with Crippen molar-refractivity contribution in [2.75, 3.05) is 26.8 Å². The highest BCUT2D eigenvalue weighted by Gasteiger charge is 2.12. The molecule has 0 aliphatic rings. The van der Waals surface area contributed by atoms with Gasteiger partial charge in [-0.1, -0.05) is 18.2 Å². The summed E-state index contributed by atoms with van der Waals surface area (Å²) in [4.78, 5) is 6.02. The number of benzene rings is 1. The van der Waals surface area contributed by atoms with E-state index < -0.39 is 10.0 Å². The fourth-order valence-electron chi connectivity index (χ4n) is 2.23. The molecule has 2 rings (SSSR count). The zero-order valence-corrected chi connectivity index (χ0v) is 19.9. The quantitative estimate of drug-likeness (QED) is 0.187. The maximum absolute atomic E-state index is 12.2. The van der Waals surface area contributed by atoms with E-state index in [1.165, 1.54) is 12.0 Å². The van der Waals surface area contributed by atoms with Crippen LogP contribution in [-0.4, -0.2) is 41.2 Å². The van der Waals surface area contributed by atoms with Gasteiger partial charge in [-0.3, -0.25) is 0 Å². The number of nitrogens with one attached hydrogen (secondary N) is 3. The molecule has 0 radical (unpaired) electrons. The summed E-state index contributed by atoms with van der Waals surface area (Å²) in [5.74, 6) is 0.726. The molecule has 28 heavy (non-hydrogen) atoms. The largest absolute Gasteiger partial charge is 0.383 e. The second-order valence-electron chi connectivity index (χ2n) is 5.66. The first-order valence-corrected chi connectivity index (χ1v) is 11.0. The van der Waals surface area contributed by atoms with Gasteiger partial charge >= 0.3 is 0 Å². The monoisotopic (exact) mass is 538 g/mol. The minimum atomic E-state index is -3.51. The molecule has 2 aromatic rings. The third-order valence-electron chi connectivity index (χ3n) is 3.61. The number of thiophene rings is 1. The molecule has 0 atom stereocenters. The molecule has 1 aromatic heterocycles. The van der Waals surface area contributed by atoms with E-state index >= 15 is 0 Å². The van der Waals surface area contributed by atoms with Gasteiger partial charge in [0.05, 0.1) is 24.6 Å². The summed E-state index contributed by atoms with van der Waals surface area (Å²) < 4.78 is 31.7. The van der Waals surface area contributed by atoms with E-state index in [4.69, 9.17) is 4.74 Å². The average molecular weight is 538 g/mol. The van der Waals surface area contributed by atoms with Crippen molar-refractivity contribution in [3.05, 3.63) is 52.2 Å². The van der Waals surface area contributed by atoms with E-state index in [2.05, 4.69) is 26.4 Å². The molecule has 156 valence electrons. The van der Waals surface area contributed by atoms with Crippen LogP contribution in [0.15, 0.2) is 51.7 Å². The predicted molar refractivity (Wildman–Crippen MR) is 125 cm³/mol. The van der Waals surface area contributed by atoms with Gasteiger partial charge < -0.3 is 15.4 Å². The third-order valence-corrected chi connectivity index (χ3v) is 5.96. The highest BCUT2D eigenvalue weighted by atomic mass is 127. The van der Waals surface area contributed by atoms with Crippen molar-refractivity contribution in [2.24, 2.45) is 4.99 Å². The van der Waals surface area contributed by atoms with Gasteiger partial charge in [-0.2, -0.15) is 0 Å². The number of hydrogen-bond donors (Lipinski definition) is 3. The molecule has 0 spiro atoms. The number of halogens is 1. The molecule has 3 N–H and O–H groups in total. The zero-order chi connectivity index (χ0) is 19.5. The fraction of sp³-hybridized carbons (Fsp3) is 0.389. The minimum absolute atomic E-state index is 0. The maximum Gasteiger partial charge on any atom is 0.240 e.